The van der Waals surface area contributed by atoms with Crippen LogP contribution < -0.4 is 10.2 Å². The second kappa shape index (κ2) is 8.57. The molecule has 2 heterocycles. The Morgan fingerprint density at radius 2 is 1.74 bits per heavy atom. The standard InChI is InChI=1S/C24H26BF4NO4/c1-22(2)23(3,4)34-25(33-22)17-8-7-15-6-5-11-30(21(31)19(15)13-17)14-16-12-18(9-10-20(16)26)32-24(27,28)29/h7-10,12-13H,5-6,11,14H2,1-4H3. The number of halogens is 4. The van der Waals surface area contributed by atoms with Gasteiger partial charge in [0, 0.05) is 24.2 Å². The molecule has 2 aromatic rings. The van der Waals surface area contributed by atoms with E-state index in [4.69, 9.17) is 9.31 Å². The maximum absolute atomic E-state index is 14.4. The molecule has 0 aromatic heterocycles. The first-order valence-corrected chi connectivity index (χ1v) is 11.1. The third-order valence-electron chi connectivity index (χ3n) is 6.66. The van der Waals surface area contributed by atoms with Gasteiger partial charge in [0.1, 0.15) is 11.6 Å². The summed E-state index contributed by atoms with van der Waals surface area (Å²) in [7, 11) is -0.645. The molecule has 0 N–H and O–H groups in total. The van der Waals surface area contributed by atoms with Crippen LogP contribution >= 0.6 is 0 Å². The van der Waals surface area contributed by atoms with Gasteiger partial charge in [0.25, 0.3) is 5.91 Å². The van der Waals surface area contributed by atoms with Crippen LogP contribution in [-0.2, 0) is 22.3 Å². The average molecular weight is 479 g/mol. The summed E-state index contributed by atoms with van der Waals surface area (Å²) in [6.45, 7) is 7.91. The van der Waals surface area contributed by atoms with Gasteiger partial charge in [-0.15, -0.1) is 13.2 Å². The van der Waals surface area contributed by atoms with Crippen molar-refractivity contribution in [1.29, 1.82) is 0 Å². The molecule has 2 aliphatic heterocycles. The Morgan fingerprint density at radius 1 is 1.06 bits per heavy atom. The molecule has 0 radical (unpaired) electrons. The van der Waals surface area contributed by atoms with E-state index in [1.54, 1.807) is 6.07 Å². The lowest BCUT2D eigenvalue weighted by molar-refractivity contribution is -0.274. The maximum atomic E-state index is 14.4. The van der Waals surface area contributed by atoms with Crippen molar-refractivity contribution < 1.29 is 36.4 Å². The number of benzene rings is 2. The number of fused-ring (bicyclic) bond motifs is 1. The molecule has 0 saturated carbocycles. The number of hydrogen-bond donors (Lipinski definition) is 0. The predicted molar refractivity (Wildman–Crippen MR) is 118 cm³/mol. The van der Waals surface area contributed by atoms with Gasteiger partial charge in [-0.2, -0.15) is 0 Å². The molecule has 1 fully saturated rings. The number of nitrogens with zero attached hydrogens (tertiary/aromatic N) is 1. The van der Waals surface area contributed by atoms with Crippen LogP contribution in [0.15, 0.2) is 36.4 Å². The van der Waals surface area contributed by atoms with Crippen molar-refractivity contribution in [2.75, 3.05) is 6.54 Å². The lowest BCUT2D eigenvalue weighted by atomic mass is 9.77. The summed E-state index contributed by atoms with van der Waals surface area (Å²) in [6, 6.07) is 8.27. The van der Waals surface area contributed by atoms with E-state index in [1.165, 1.54) is 4.90 Å². The SMILES string of the molecule is CC1(C)OB(c2ccc3c(c2)C(=O)N(Cc2cc(OC(F)(F)F)ccc2F)CCC3)OC1(C)C. The molecule has 2 aromatic carbocycles. The molecular formula is C24H26BF4NO4. The van der Waals surface area contributed by atoms with E-state index in [9.17, 15) is 22.4 Å². The quantitative estimate of drug-likeness (QED) is 0.475. The number of carbonyl (C=O) groups is 1. The summed E-state index contributed by atoms with van der Waals surface area (Å²) in [5, 5.41) is 0. The fourth-order valence-electron chi connectivity index (χ4n) is 4.10. The highest BCUT2D eigenvalue weighted by Gasteiger charge is 2.51. The average Bonchev–Trinajstić information content (AvgIpc) is 2.84. The monoisotopic (exact) mass is 479 g/mol. The zero-order chi connectivity index (χ0) is 24.9. The van der Waals surface area contributed by atoms with E-state index < -0.39 is 36.2 Å². The summed E-state index contributed by atoms with van der Waals surface area (Å²) >= 11 is 0. The molecule has 10 heteroatoms. The third-order valence-corrected chi connectivity index (χ3v) is 6.66. The number of amides is 1. The Hall–Kier alpha value is -2.59. The highest BCUT2D eigenvalue weighted by atomic mass is 19.4. The van der Waals surface area contributed by atoms with Gasteiger partial charge < -0.3 is 18.9 Å². The number of aryl methyl sites for hydroxylation is 1. The first-order chi connectivity index (χ1) is 15.8. The summed E-state index contributed by atoms with van der Waals surface area (Å²) in [4.78, 5) is 14.8. The van der Waals surface area contributed by atoms with Gasteiger partial charge in [0.15, 0.2) is 0 Å². The lowest BCUT2D eigenvalue weighted by Gasteiger charge is -2.32. The van der Waals surface area contributed by atoms with Crippen LogP contribution in [0.2, 0.25) is 0 Å². The summed E-state index contributed by atoms with van der Waals surface area (Å²) in [5.74, 6) is -1.57. The second-order valence-electron chi connectivity index (χ2n) is 9.64. The molecule has 34 heavy (non-hydrogen) atoms. The molecule has 182 valence electrons. The Bertz CT molecular complexity index is 1090. The van der Waals surface area contributed by atoms with Crippen molar-refractivity contribution in [3.05, 3.63) is 58.9 Å². The third kappa shape index (κ3) is 4.93. The van der Waals surface area contributed by atoms with Gasteiger partial charge in [0.05, 0.1) is 11.2 Å². The van der Waals surface area contributed by atoms with E-state index in [1.807, 2.05) is 39.8 Å². The highest BCUT2D eigenvalue weighted by molar-refractivity contribution is 6.62. The molecule has 0 unspecified atom stereocenters. The number of carbonyl (C=O) groups excluding carboxylic acids is 1. The zero-order valence-corrected chi connectivity index (χ0v) is 19.5. The normalized spacial score (nSPS) is 19.7. The Labute approximate surface area is 196 Å². The minimum absolute atomic E-state index is 0.0549. The van der Waals surface area contributed by atoms with E-state index in [-0.39, 0.29) is 18.0 Å². The zero-order valence-electron chi connectivity index (χ0n) is 19.5. The Balaban J connectivity index is 1.59. The molecule has 1 saturated heterocycles. The summed E-state index contributed by atoms with van der Waals surface area (Å²) < 4.78 is 68.2. The fraction of sp³-hybridized carbons (Fsp3) is 0.458. The first kappa shape index (κ1) is 24.5. The van der Waals surface area contributed by atoms with Crippen molar-refractivity contribution in [2.24, 2.45) is 0 Å². The van der Waals surface area contributed by atoms with Crippen molar-refractivity contribution in [2.45, 2.75) is 64.6 Å². The van der Waals surface area contributed by atoms with Gasteiger partial charge in [-0.05, 0) is 75.8 Å². The molecule has 0 atom stereocenters. The molecule has 0 aliphatic carbocycles. The van der Waals surface area contributed by atoms with E-state index in [2.05, 4.69) is 4.74 Å². The molecule has 0 spiro atoms. The Morgan fingerprint density at radius 3 is 2.38 bits per heavy atom. The van der Waals surface area contributed by atoms with E-state index >= 15 is 0 Å². The number of ether oxygens (including phenoxy) is 1. The van der Waals surface area contributed by atoms with Crippen LogP contribution in [0.1, 0.15) is 55.6 Å². The van der Waals surface area contributed by atoms with Crippen LogP contribution in [0, 0.1) is 5.82 Å². The summed E-state index contributed by atoms with van der Waals surface area (Å²) in [6.07, 6.45) is -3.62. The summed E-state index contributed by atoms with van der Waals surface area (Å²) in [5.41, 5.74) is 0.860. The molecule has 4 rings (SSSR count). The van der Waals surface area contributed by atoms with Gasteiger partial charge >= 0.3 is 13.5 Å². The Kier molecular flexibility index (Phi) is 6.18. The molecule has 2 aliphatic rings. The first-order valence-electron chi connectivity index (χ1n) is 11.1. The van der Waals surface area contributed by atoms with Gasteiger partial charge in [-0.25, -0.2) is 4.39 Å². The molecule has 1 amide bonds. The van der Waals surface area contributed by atoms with Crippen LogP contribution in [0.25, 0.3) is 0 Å². The maximum Gasteiger partial charge on any atom is 0.573 e. The van der Waals surface area contributed by atoms with Crippen molar-refractivity contribution in [3.8, 4) is 5.75 Å². The van der Waals surface area contributed by atoms with E-state index in [0.717, 1.165) is 23.8 Å². The predicted octanol–water partition coefficient (Wildman–Crippen LogP) is 4.61. The lowest BCUT2D eigenvalue weighted by Crippen LogP contribution is -2.41. The van der Waals surface area contributed by atoms with Crippen molar-refractivity contribution in [3.63, 3.8) is 0 Å². The minimum atomic E-state index is -4.89. The van der Waals surface area contributed by atoms with Crippen LogP contribution in [0.4, 0.5) is 17.6 Å². The number of hydrogen-bond acceptors (Lipinski definition) is 4. The smallest absolute Gasteiger partial charge is 0.406 e. The topological polar surface area (TPSA) is 48.0 Å². The highest BCUT2D eigenvalue weighted by Crippen LogP contribution is 2.36. The van der Waals surface area contributed by atoms with Crippen molar-refractivity contribution in [1.82, 2.24) is 4.90 Å². The molecular weight excluding hydrogens is 453 g/mol. The molecule has 5 nitrogen and oxygen atoms in total. The van der Waals surface area contributed by atoms with Crippen LogP contribution in [0.5, 0.6) is 5.75 Å². The minimum Gasteiger partial charge on any atom is -0.406 e. The fourth-order valence-corrected chi connectivity index (χ4v) is 4.10. The van der Waals surface area contributed by atoms with Crippen molar-refractivity contribution >= 4 is 18.5 Å². The largest absolute Gasteiger partial charge is 0.573 e. The molecule has 0 bridgehead atoms. The van der Waals surface area contributed by atoms with Crippen LogP contribution in [-0.4, -0.2) is 42.0 Å². The second-order valence-corrected chi connectivity index (χ2v) is 9.64. The van der Waals surface area contributed by atoms with Gasteiger partial charge in [-0.3, -0.25) is 4.79 Å². The number of rotatable bonds is 4. The van der Waals surface area contributed by atoms with Crippen LogP contribution in [0.3, 0.4) is 0 Å². The van der Waals surface area contributed by atoms with Gasteiger partial charge in [0.2, 0.25) is 0 Å². The van der Waals surface area contributed by atoms with E-state index in [0.29, 0.717) is 30.4 Å². The van der Waals surface area contributed by atoms with Gasteiger partial charge in [-0.1, -0.05) is 12.1 Å². The number of alkyl halides is 3.